The Kier molecular flexibility index (Phi) is 4.27. The minimum Gasteiger partial charge on any atom is -0.341 e. The molecule has 1 aromatic carbocycles. The lowest BCUT2D eigenvalue weighted by Crippen LogP contribution is -2.45. The van der Waals surface area contributed by atoms with Crippen molar-refractivity contribution in [1.82, 2.24) is 4.90 Å². The van der Waals surface area contributed by atoms with Gasteiger partial charge < -0.3 is 15.6 Å². The van der Waals surface area contributed by atoms with E-state index in [4.69, 9.17) is 5.41 Å². The smallest absolute Gasteiger partial charge is 0.239 e. The number of amidine groups is 1. The van der Waals surface area contributed by atoms with Gasteiger partial charge in [0.15, 0.2) is 9.84 Å². The van der Waals surface area contributed by atoms with Crippen molar-refractivity contribution < 1.29 is 17.6 Å². The van der Waals surface area contributed by atoms with Crippen molar-refractivity contribution >= 4 is 33.5 Å². The zero-order chi connectivity index (χ0) is 16.5. The zero-order valence-electron chi connectivity index (χ0n) is 12.0. The molecule has 22 heavy (non-hydrogen) atoms. The summed E-state index contributed by atoms with van der Waals surface area (Å²) in [6, 6.07) is 3.42. The van der Waals surface area contributed by atoms with Gasteiger partial charge in [-0.25, -0.2) is 17.8 Å². The second-order valence-electron chi connectivity index (χ2n) is 4.90. The molecule has 0 radical (unpaired) electrons. The lowest BCUT2D eigenvalue weighted by molar-refractivity contribution is -0.130. The summed E-state index contributed by atoms with van der Waals surface area (Å²) in [5.41, 5.74) is -0.00430. The topological polar surface area (TPSA) is 103 Å². The third-order valence-electron chi connectivity index (χ3n) is 3.19. The van der Waals surface area contributed by atoms with E-state index in [2.05, 4.69) is 10.3 Å². The van der Waals surface area contributed by atoms with E-state index in [-0.39, 0.29) is 29.0 Å². The Labute approximate surface area is 127 Å². The molecule has 1 heterocycles. The molecule has 2 N–H and O–H groups in total. The molecule has 1 atom stereocenters. The normalized spacial score (nSPS) is 18.9. The molecular formula is C13H15FN4O3S. The molecule has 7 nitrogen and oxygen atoms in total. The van der Waals surface area contributed by atoms with Gasteiger partial charge in [-0.05, 0) is 18.2 Å². The zero-order valence-corrected chi connectivity index (χ0v) is 12.8. The third kappa shape index (κ3) is 3.14. The number of halogens is 1. The molecule has 1 aliphatic heterocycles. The molecule has 0 aromatic heterocycles. The summed E-state index contributed by atoms with van der Waals surface area (Å²) in [6.07, 6.45) is 1.91. The van der Waals surface area contributed by atoms with Gasteiger partial charge in [0.25, 0.3) is 0 Å². The summed E-state index contributed by atoms with van der Waals surface area (Å²) < 4.78 is 36.8. The second-order valence-corrected chi connectivity index (χ2v) is 6.92. The van der Waals surface area contributed by atoms with Crippen LogP contribution in [-0.2, 0) is 14.6 Å². The van der Waals surface area contributed by atoms with E-state index in [0.29, 0.717) is 0 Å². The van der Waals surface area contributed by atoms with Crippen LogP contribution in [0, 0.1) is 17.1 Å². The first-order chi connectivity index (χ1) is 10.2. The summed E-state index contributed by atoms with van der Waals surface area (Å²) in [5, 5.41) is 9.98. The molecule has 1 amide bonds. The van der Waals surface area contributed by atoms with E-state index >= 15 is 0 Å². The van der Waals surface area contributed by atoms with E-state index in [9.17, 15) is 17.6 Å². The molecule has 0 fully saturated rings. The number of anilines is 1. The summed E-state index contributed by atoms with van der Waals surface area (Å²) in [4.78, 5) is 17.2. The molecular weight excluding hydrogens is 311 g/mol. The number of hydrogen-bond donors (Lipinski definition) is 2. The van der Waals surface area contributed by atoms with Gasteiger partial charge in [0.2, 0.25) is 5.91 Å². The molecule has 0 saturated carbocycles. The van der Waals surface area contributed by atoms with Gasteiger partial charge in [-0.3, -0.25) is 4.79 Å². The van der Waals surface area contributed by atoms with Crippen molar-refractivity contribution in [1.29, 1.82) is 5.41 Å². The number of sulfone groups is 1. The Hall–Kier alpha value is -2.29. The number of aliphatic imine (C=N–C) groups is 1. The van der Waals surface area contributed by atoms with E-state index < -0.39 is 21.6 Å². The molecule has 1 aliphatic rings. The number of carbonyl (C=O) groups excluding carboxylic acids is 1. The highest BCUT2D eigenvalue weighted by Crippen LogP contribution is 2.21. The monoisotopic (exact) mass is 326 g/mol. The first kappa shape index (κ1) is 16.1. The van der Waals surface area contributed by atoms with Crippen molar-refractivity contribution in [2.75, 3.05) is 25.3 Å². The van der Waals surface area contributed by atoms with Crippen LogP contribution in [-0.4, -0.2) is 51.2 Å². The summed E-state index contributed by atoms with van der Waals surface area (Å²) in [5.74, 6) is -1.85. The quantitative estimate of drug-likeness (QED) is 0.799. The number of nitrogens with one attached hydrogen (secondary N) is 2. The Balaban J connectivity index is 2.31. The van der Waals surface area contributed by atoms with E-state index in [1.54, 1.807) is 7.05 Å². The number of hydrogen-bond acceptors (Lipinski definition) is 6. The third-order valence-corrected chi connectivity index (χ3v) is 4.30. The highest BCUT2D eigenvalue weighted by molar-refractivity contribution is 7.90. The van der Waals surface area contributed by atoms with Crippen LogP contribution in [0.25, 0.3) is 0 Å². The van der Waals surface area contributed by atoms with Crippen LogP contribution in [0.3, 0.4) is 0 Å². The lowest BCUT2D eigenvalue weighted by atomic mass is 10.1. The van der Waals surface area contributed by atoms with Gasteiger partial charge in [-0.2, -0.15) is 0 Å². The Bertz CT molecular complexity index is 761. The van der Waals surface area contributed by atoms with Gasteiger partial charge >= 0.3 is 0 Å². The van der Waals surface area contributed by atoms with Crippen LogP contribution >= 0.6 is 0 Å². The molecule has 9 heteroatoms. The molecule has 1 aromatic rings. The second kappa shape index (κ2) is 5.84. The average molecular weight is 326 g/mol. The summed E-state index contributed by atoms with van der Waals surface area (Å²) in [7, 11) is -1.95. The van der Waals surface area contributed by atoms with E-state index in [1.807, 2.05) is 0 Å². The molecule has 0 saturated heterocycles. The standard InChI is InChI=1S/C13H15FN4O3S/c1-18-7-16-12(9(6-15)13(18)19)17-11-4-3-8(5-10(11)14)22(2,20)21/h3-6,9,15H,7H2,1-2H3,(H,16,17). The van der Waals surface area contributed by atoms with Crippen LogP contribution in [0.2, 0.25) is 0 Å². The fourth-order valence-corrected chi connectivity index (χ4v) is 2.57. The number of rotatable bonds is 3. The number of amides is 1. The Morgan fingerprint density at radius 3 is 2.73 bits per heavy atom. The largest absolute Gasteiger partial charge is 0.341 e. The van der Waals surface area contributed by atoms with Gasteiger partial charge in [0.1, 0.15) is 24.2 Å². The van der Waals surface area contributed by atoms with Crippen LogP contribution in [0.5, 0.6) is 0 Å². The molecule has 2 rings (SSSR count). The molecule has 0 spiro atoms. The predicted molar refractivity (Wildman–Crippen MR) is 80.5 cm³/mol. The molecule has 0 bridgehead atoms. The minimum atomic E-state index is -3.50. The SMILES string of the molecule is CN1CN=C(Nc2ccc(S(C)(=O)=O)cc2F)C(C=N)C1=O. The maximum Gasteiger partial charge on any atom is 0.239 e. The Morgan fingerprint density at radius 1 is 1.50 bits per heavy atom. The first-order valence-corrected chi connectivity index (χ1v) is 8.19. The van der Waals surface area contributed by atoms with Crippen molar-refractivity contribution in [2.45, 2.75) is 4.90 Å². The van der Waals surface area contributed by atoms with E-state index in [1.165, 1.54) is 17.0 Å². The Morgan fingerprint density at radius 2 is 2.18 bits per heavy atom. The van der Waals surface area contributed by atoms with Crippen LogP contribution < -0.4 is 5.32 Å². The minimum absolute atomic E-state index is 0.00430. The van der Waals surface area contributed by atoms with Crippen LogP contribution in [0.4, 0.5) is 10.1 Å². The maximum absolute atomic E-state index is 14.0. The number of nitrogens with zero attached hydrogens (tertiary/aromatic N) is 2. The maximum atomic E-state index is 14.0. The van der Waals surface area contributed by atoms with Gasteiger partial charge in [-0.15, -0.1) is 0 Å². The predicted octanol–water partition coefficient (Wildman–Crippen LogP) is 0.735. The number of benzene rings is 1. The fraction of sp³-hybridized carbons (Fsp3) is 0.308. The van der Waals surface area contributed by atoms with Gasteiger partial charge in [0, 0.05) is 19.5 Å². The fourth-order valence-electron chi connectivity index (χ4n) is 1.94. The molecule has 118 valence electrons. The first-order valence-electron chi connectivity index (χ1n) is 6.30. The highest BCUT2D eigenvalue weighted by Gasteiger charge is 2.29. The molecule has 0 aliphatic carbocycles. The van der Waals surface area contributed by atoms with Gasteiger partial charge in [-0.1, -0.05) is 0 Å². The van der Waals surface area contributed by atoms with Gasteiger partial charge in [0.05, 0.1) is 10.6 Å². The summed E-state index contributed by atoms with van der Waals surface area (Å²) >= 11 is 0. The summed E-state index contributed by atoms with van der Waals surface area (Å²) in [6.45, 7) is 0.106. The van der Waals surface area contributed by atoms with E-state index in [0.717, 1.165) is 18.5 Å². The van der Waals surface area contributed by atoms with Crippen molar-refractivity contribution in [3.05, 3.63) is 24.0 Å². The van der Waals surface area contributed by atoms with Crippen LogP contribution in [0.1, 0.15) is 0 Å². The lowest BCUT2D eigenvalue weighted by Gasteiger charge is -2.27. The molecule has 1 unspecified atom stereocenters. The van der Waals surface area contributed by atoms with Crippen molar-refractivity contribution in [2.24, 2.45) is 10.9 Å². The highest BCUT2D eigenvalue weighted by atomic mass is 32.2. The van der Waals surface area contributed by atoms with Crippen LogP contribution in [0.15, 0.2) is 28.1 Å². The number of carbonyl (C=O) groups is 1. The van der Waals surface area contributed by atoms with Crippen molar-refractivity contribution in [3.8, 4) is 0 Å². The average Bonchev–Trinajstić information content (AvgIpc) is 2.44. The van der Waals surface area contributed by atoms with Crippen molar-refractivity contribution in [3.63, 3.8) is 0 Å².